The van der Waals surface area contributed by atoms with E-state index in [1.165, 1.54) is 0 Å². The summed E-state index contributed by atoms with van der Waals surface area (Å²) in [6.45, 7) is 6.75. The Morgan fingerprint density at radius 3 is 2.56 bits per heavy atom. The van der Waals surface area contributed by atoms with Gasteiger partial charge in [0.25, 0.3) is 0 Å². The molecule has 3 aliphatic rings. The molecule has 1 N–H and O–H groups in total. The molecule has 1 aliphatic carbocycles. The quantitative estimate of drug-likeness (QED) is 0.783. The molecule has 2 heterocycles. The maximum atomic E-state index is 11.8. The van der Waals surface area contributed by atoms with Crippen molar-refractivity contribution < 1.29 is 14.3 Å². The molecule has 1 unspecified atom stereocenters. The maximum absolute atomic E-state index is 11.8. The molecule has 2 aliphatic heterocycles. The van der Waals surface area contributed by atoms with Crippen molar-refractivity contribution in [3.63, 3.8) is 0 Å². The van der Waals surface area contributed by atoms with Gasteiger partial charge in [-0.15, -0.1) is 0 Å². The van der Waals surface area contributed by atoms with Crippen molar-refractivity contribution >= 4 is 11.7 Å². The fraction of sp³-hybridized carbons (Fsp3) is 0.857. The summed E-state index contributed by atoms with van der Waals surface area (Å²) in [5.74, 6) is 0.383. The summed E-state index contributed by atoms with van der Waals surface area (Å²) in [6, 6.07) is 0. The molecule has 0 aromatic carbocycles. The smallest absolute Gasteiger partial charge is 0.222 e. The molecule has 3 rings (SSSR count). The van der Waals surface area contributed by atoms with Crippen LogP contribution >= 0.6 is 0 Å². The Morgan fingerprint density at radius 2 is 2.06 bits per heavy atom. The molecule has 1 amide bonds. The van der Waals surface area contributed by atoms with Gasteiger partial charge in [-0.25, -0.2) is 0 Å². The van der Waals surface area contributed by atoms with Gasteiger partial charge in [-0.05, 0) is 26.2 Å². The lowest BCUT2D eigenvalue weighted by molar-refractivity contribution is -0.132. The third-order valence-corrected chi connectivity index (χ3v) is 4.48. The van der Waals surface area contributed by atoms with Crippen LogP contribution in [-0.4, -0.2) is 30.4 Å². The van der Waals surface area contributed by atoms with Gasteiger partial charge in [0.15, 0.2) is 0 Å². The molecule has 2 bridgehead atoms. The van der Waals surface area contributed by atoms with Gasteiger partial charge < -0.3 is 10.1 Å². The van der Waals surface area contributed by atoms with Gasteiger partial charge in [-0.2, -0.15) is 0 Å². The first kappa shape index (κ1) is 13.5. The Kier molecular flexibility index (Phi) is 3.49. The summed E-state index contributed by atoms with van der Waals surface area (Å²) in [7, 11) is 0. The Labute approximate surface area is 108 Å². The van der Waals surface area contributed by atoms with Gasteiger partial charge >= 0.3 is 0 Å². The molecule has 0 aromatic heterocycles. The van der Waals surface area contributed by atoms with Crippen LogP contribution in [0.5, 0.6) is 0 Å². The van der Waals surface area contributed by atoms with E-state index in [2.05, 4.69) is 12.2 Å². The summed E-state index contributed by atoms with van der Waals surface area (Å²) in [6.07, 6.45) is 3.48. The molecule has 0 radical (unpaired) electrons. The zero-order chi connectivity index (χ0) is 13.4. The van der Waals surface area contributed by atoms with E-state index in [0.29, 0.717) is 13.2 Å². The van der Waals surface area contributed by atoms with E-state index < -0.39 is 0 Å². The Bertz CT molecular complexity index is 358. The molecule has 102 valence electrons. The third-order valence-electron chi connectivity index (χ3n) is 4.48. The fourth-order valence-electron chi connectivity index (χ4n) is 3.19. The van der Waals surface area contributed by atoms with E-state index in [1.54, 1.807) is 6.92 Å². The molecule has 1 saturated carbocycles. The number of ether oxygens (including phenoxy) is 1. The van der Waals surface area contributed by atoms with Gasteiger partial charge in [-0.3, -0.25) is 9.59 Å². The lowest BCUT2D eigenvalue weighted by Gasteiger charge is -2.43. The molecule has 18 heavy (non-hydrogen) atoms. The highest BCUT2D eigenvalue weighted by molar-refractivity contribution is 5.85. The summed E-state index contributed by atoms with van der Waals surface area (Å²) >= 11 is 0. The molecule has 3 fully saturated rings. The minimum Gasteiger partial charge on any atom is -0.372 e. The van der Waals surface area contributed by atoms with Crippen LogP contribution in [0.4, 0.5) is 0 Å². The molecule has 2 saturated heterocycles. The van der Waals surface area contributed by atoms with Crippen LogP contribution in [0.3, 0.4) is 0 Å². The zero-order valence-corrected chi connectivity index (χ0v) is 11.5. The molecular formula is C14H23NO3. The predicted molar refractivity (Wildman–Crippen MR) is 68.1 cm³/mol. The van der Waals surface area contributed by atoms with Gasteiger partial charge in [-0.1, -0.05) is 20.3 Å². The highest BCUT2D eigenvalue weighted by Gasteiger charge is 2.64. The number of fused-ring (bicyclic) bond motifs is 1. The molecule has 4 nitrogen and oxygen atoms in total. The topological polar surface area (TPSA) is 55.4 Å². The zero-order valence-electron chi connectivity index (χ0n) is 11.5. The highest BCUT2D eigenvalue weighted by Crippen LogP contribution is 2.57. The number of amides is 1. The fourth-order valence-corrected chi connectivity index (χ4v) is 3.19. The summed E-state index contributed by atoms with van der Waals surface area (Å²) in [5, 5.41) is 2.97. The van der Waals surface area contributed by atoms with Crippen molar-refractivity contribution in [1.82, 2.24) is 5.32 Å². The van der Waals surface area contributed by atoms with Crippen LogP contribution in [-0.2, 0) is 14.3 Å². The van der Waals surface area contributed by atoms with Crippen LogP contribution < -0.4 is 5.32 Å². The number of hydrogen-bond acceptors (Lipinski definition) is 3. The second kappa shape index (κ2) is 4.65. The first-order valence-electron chi connectivity index (χ1n) is 6.86. The van der Waals surface area contributed by atoms with Crippen molar-refractivity contribution in [2.45, 2.75) is 52.1 Å². The summed E-state index contributed by atoms with van der Waals surface area (Å²) < 4.78 is 5.73. The second-order valence-electron chi connectivity index (χ2n) is 6.07. The summed E-state index contributed by atoms with van der Waals surface area (Å²) in [4.78, 5) is 23.3. The van der Waals surface area contributed by atoms with Crippen molar-refractivity contribution in [1.29, 1.82) is 0 Å². The van der Waals surface area contributed by atoms with Crippen molar-refractivity contribution in [3.05, 3.63) is 0 Å². The van der Waals surface area contributed by atoms with Gasteiger partial charge in [0.1, 0.15) is 5.78 Å². The third kappa shape index (κ3) is 2.18. The van der Waals surface area contributed by atoms with Crippen molar-refractivity contribution in [2.24, 2.45) is 11.3 Å². The molecule has 4 heteroatoms. The molecule has 0 spiro atoms. The number of carbonyl (C=O) groups is 2. The molecule has 1 atom stereocenters. The number of carbonyl (C=O) groups excluding carboxylic acids is 2. The first-order chi connectivity index (χ1) is 8.43. The predicted octanol–water partition coefficient (Wildman–Crippen LogP) is 1.68. The van der Waals surface area contributed by atoms with E-state index in [-0.39, 0.29) is 28.6 Å². The van der Waals surface area contributed by atoms with Crippen molar-refractivity contribution in [2.75, 3.05) is 13.2 Å². The summed E-state index contributed by atoms with van der Waals surface area (Å²) in [5.41, 5.74) is -0.493. The van der Waals surface area contributed by atoms with E-state index >= 15 is 0 Å². The maximum Gasteiger partial charge on any atom is 0.222 e. The van der Waals surface area contributed by atoms with E-state index in [0.717, 1.165) is 25.7 Å². The normalized spacial score (nSPS) is 34.8. The number of hydrogen-bond donors (Lipinski definition) is 1. The molecular weight excluding hydrogens is 230 g/mol. The largest absolute Gasteiger partial charge is 0.372 e. The minimum absolute atomic E-state index is 0.0606. The lowest BCUT2D eigenvalue weighted by Crippen LogP contribution is -2.54. The Hall–Kier alpha value is -0.900. The van der Waals surface area contributed by atoms with E-state index in [9.17, 15) is 9.59 Å². The van der Waals surface area contributed by atoms with Crippen LogP contribution in [0.2, 0.25) is 0 Å². The van der Waals surface area contributed by atoms with Gasteiger partial charge in [0.2, 0.25) is 5.91 Å². The first-order valence-corrected chi connectivity index (χ1v) is 6.86. The number of rotatable bonds is 6. The number of Topliss-reactive ketones (excluding diaryl/α,β-unsaturated/α-hetero) is 1. The van der Waals surface area contributed by atoms with Gasteiger partial charge in [0.05, 0.1) is 17.6 Å². The van der Waals surface area contributed by atoms with E-state index in [4.69, 9.17) is 4.74 Å². The average molecular weight is 253 g/mol. The molecule has 0 aromatic rings. The Morgan fingerprint density at radius 1 is 1.39 bits per heavy atom. The van der Waals surface area contributed by atoms with Crippen LogP contribution in [0.25, 0.3) is 0 Å². The minimum atomic E-state index is -0.257. The monoisotopic (exact) mass is 253 g/mol. The number of ketones is 1. The van der Waals surface area contributed by atoms with Crippen LogP contribution in [0, 0.1) is 11.3 Å². The highest BCUT2D eigenvalue weighted by atomic mass is 16.5. The van der Waals surface area contributed by atoms with Gasteiger partial charge in [0, 0.05) is 12.5 Å². The van der Waals surface area contributed by atoms with Crippen LogP contribution in [0.15, 0.2) is 0 Å². The van der Waals surface area contributed by atoms with Crippen LogP contribution in [0.1, 0.15) is 46.5 Å². The second-order valence-corrected chi connectivity index (χ2v) is 6.07. The SMILES string of the molecule is CCCC(C)C(=O)NCC12CC(C(C)=O)(CO1)C2. The lowest BCUT2D eigenvalue weighted by atomic mass is 9.60. The Balaban J connectivity index is 1.80. The average Bonchev–Trinajstić information content (AvgIpc) is 2.82. The number of nitrogens with one attached hydrogen (secondary N) is 1. The standard InChI is InChI=1S/C14H23NO3/c1-4-5-10(2)12(17)15-8-14-6-13(7-14,9-18-14)11(3)16/h10H,4-9H2,1-3H3,(H,15,17). The van der Waals surface area contributed by atoms with E-state index in [1.807, 2.05) is 6.92 Å². The van der Waals surface area contributed by atoms with Crippen molar-refractivity contribution in [3.8, 4) is 0 Å².